The van der Waals surface area contributed by atoms with Gasteiger partial charge in [-0.2, -0.15) is 0 Å². The minimum atomic E-state index is -0.712. The molecule has 1 saturated carbocycles. The van der Waals surface area contributed by atoms with Crippen LogP contribution in [0.25, 0.3) is 0 Å². The fourth-order valence-electron chi connectivity index (χ4n) is 2.08. The molecular formula is C15H14FN3O3. The summed E-state index contributed by atoms with van der Waals surface area (Å²) in [5, 5.41) is 0. The first-order valence-corrected chi connectivity index (χ1v) is 6.85. The lowest BCUT2D eigenvalue weighted by Crippen LogP contribution is -2.14. The zero-order chi connectivity index (χ0) is 15.7. The van der Waals surface area contributed by atoms with E-state index < -0.39 is 11.7 Å². The molecule has 0 radical (unpaired) electrons. The Kier molecular flexibility index (Phi) is 3.62. The van der Waals surface area contributed by atoms with Gasteiger partial charge in [0.15, 0.2) is 11.6 Å². The normalized spacial score (nSPS) is 13.9. The molecule has 0 atom stereocenters. The monoisotopic (exact) mass is 303 g/mol. The van der Waals surface area contributed by atoms with Crippen molar-refractivity contribution < 1.29 is 13.9 Å². The highest BCUT2D eigenvalue weighted by molar-refractivity contribution is 5.92. The van der Waals surface area contributed by atoms with Crippen molar-refractivity contribution in [1.82, 2.24) is 9.97 Å². The fourth-order valence-corrected chi connectivity index (χ4v) is 2.08. The van der Waals surface area contributed by atoms with Gasteiger partial charge < -0.3 is 15.5 Å². The Morgan fingerprint density at radius 3 is 2.82 bits per heavy atom. The minimum absolute atomic E-state index is 0.0277. The van der Waals surface area contributed by atoms with Crippen molar-refractivity contribution in [1.29, 1.82) is 0 Å². The highest BCUT2D eigenvalue weighted by atomic mass is 19.1. The number of amides is 1. The van der Waals surface area contributed by atoms with Gasteiger partial charge >= 0.3 is 0 Å². The molecule has 1 aromatic carbocycles. The number of ether oxygens (including phenoxy) is 1. The predicted octanol–water partition coefficient (Wildman–Crippen LogP) is 1.46. The van der Waals surface area contributed by atoms with Gasteiger partial charge in [0.2, 0.25) is 5.91 Å². The lowest BCUT2D eigenvalue weighted by Gasteiger charge is -2.08. The number of aromatic amines is 1. The maximum atomic E-state index is 13.8. The molecule has 0 saturated heterocycles. The quantitative estimate of drug-likeness (QED) is 0.873. The number of carbonyl (C=O) groups is 1. The molecule has 0 unspecified atom stereocenters. The molecule has 3 N–H and O–H groups in total. The molecule has 1 heterocycles. The summed E-state index contributed by atoms with van der Waals surface area (Å²) in [5.41, 5.74) is 5.32. The average molecular weight is 303 g/mol. The highest BCUT2D eigenvalue weighted by Gasteiger charge is 2.26. The van der Waals surface area contributed by atoms with Crippen molar-refractivity contribution in [2.75, 3.05) is 0 Å². The van der Waals surface area contributed by atoms with Crippen LogP contribution in [0, 0.1) is 5.82 Å². The number of nitrogens with one attached hydrogen (secondary N) is 1. The van der Waals surface area contributed by atoms with Gasteiger partial charge in [-0.15, -0.1) is 0 Å². The molecular weight excluding hydrogens is 289 g/mol. The van der Waals surface area contributed by atoms with Gasteiger partial charge in [0, 0.05) is 17.5 Å². The minimum Gasteiger partial charge on any atom is -0.484 e. The standard InChI is InChI=1S/C15H14FN3O3/c16-11-5-9(14(17)21)3-4-12(11)22-7-10-6-13(20)19-15(18-10)8-1-2-8/h3-6,8H,1-2,7H2,(H2,17,21)(H,18,19,20). The molecule has 1 fully saturated rings. The molecule has 1 aromatic heterocycles. The average Bonchev–Trinajstić information content (AvgIpc) is 3.30. The smallest absolute Gasteiger partial charge is 0.251 e. The Balaban J connectivity index is 1.75. The maximum Gasteiger partial charge on any atom is 0.251 e. The third kappa shape index (κ3) is 3.13. The zero-order valence-electron chi connectivity index (χ0n) is 11.6. The second-order valence-electron chi connectivity index (χ2n) is 5.19. The van der Waals surface area contributed by atoms with Gasteiger partial charge in [0.25, 0.3) is 5.56 Å². The topological polar surface area (TPSA) is 98.1 Å². The van der Waals surface area contributed by atoms with E-state index in [4.69, 9.17) is 10.5 Å². The van der Waals surface area contributed by atoms with Gasteiger partial charge in [0.05, 0.1) is 5.69 Å². The number of nitrogens with zero attached hydrogens (tertiary/aromatic N) is 1. The number of nitrogens with two attached hydrogens (primary N) is 1. The molecule has 6 nitrogen and oxygen atoms in total. The predicted molar refractivity (Wildman–Crippen MR) is 76.1 cm³/mol. The molecule has 3 rings (SSSR count). The van der Waals surface area contributed by atoms with E-state index in [9.17, 15) is 14.0 Å². The number of primary amides is 1. The first kappa shape index (κ1) is 14.2. The summed E-state index contributed by atoms with van der Waals surface area (Å²) in [6.07, 6.45) is 2.02. The Morgan fingerprint density at radius 2 is 2.18 bits per heavy atom. The SMILES string of the molecule is NC(=O)c1ccc(OCc2cc(=O)[nH]c(C3CC3)n2)c(F)c1. The fraction of sp³-hybridized carbons (Fsp3) is 0.267. The molecule has 1 amide bonds. The molecule has 0 spiro atoms. The van der Waals surface area contributed by atoms with Crippen molar-refractivity contribution in [3.63, 3.8) is 0 Å². The van der Waals surface area contributed by atoms with E-state index in [0.717, 1.165) is 18.9 Å². The summed E-state index contributed by atoms with van der Waals surface area (Å²) in [7, 11) is 0. The van der Waals surface area contributed by atoms with Crippen LogP contribution < -0.4 is 16.0 Å². The van der Waals surface area contributed by atoms with Gasteiger partial charge in [-0.25, -0.2) is 9.37 Å². The summed E-state index contributed by atoms with van der Waals surface area (Å²) in [6, 6.07) is 5.03. The molecule has 7 heteroatoms. The van der Waals surface area contributed by atoms with E-state index in [1.165, 1.54) is 18.2 Å². The van der Waals surface area contributed by atoms with Crippen LogP contribution in [0.3, 0.4) is 0 Å². The van der Waals surface area contributed by atoms with Crippen molar-refractivity contribution in [2.24, 2.45) is 5.73 Å². The van der Waals surface area contributed by atoms with Crippen LogP contribution in [0.2, 0.25) is 0 Å². The van der Waals surface area contributed by atoms with Crippen molar-refractivity contribution in [2.45, 2.75) is 25.4 Å². The van der Waals surface area contributed by atoms with Crippen LogP contribution in [0.5, 0.6) is 5.75 Å². The Labute approximate surface area is 125 Å². The first-order chi connectivity index (χ1) is 10.5. The molecule has 0 bridgehead atoms. The lowest BCUT2D eigenvalue weighted by atomic mass is 10.2. The highest BCUT2D eigenvalue weighted by Crippen LogP contribution is 2.37. The lowest BCUT2D eigenvalue weighted by molar-refractivity contribution is 0.0999. The third-order valence-electron chi connectivity index (χ3n) is 3.37. The molecule has 2 aromatic rings. The van der Waals surface area contributed by atoms with Crippen LogP contribution in [-0.4, -0.2) is 15.9 Å². The van der Waals surface area contributed by atoms with E-state index in [1.54, 1.807) is 0 Å². The van der Waals surface area contributed by atoms with E-state index >= 15 is 0 Å². The number of H-pyrrole nitrogens is 1. The summed E-state index contributed by atoms with van der Waals surface area (Å²) >= 11 is 0. The van der Waals surface area contributed by atoms with Crippen LogP contribution in [0.1, 0.15) is 40.6 Å². The van der Waals surface area contributed by atoms with E-state index in [2.05, 4.69) is 9.97 Å². The van der Waals surface area contributed by atoms with Gasteiger partial charge in [-0.1, -0.05) is 0 Å². The van der Waals surface area contributed by atoms with E-state index in [-0.39, 0.29) is 23.5 Å². The Hall–Kier alpha value is -2.70. The third-order valence-corrected chi connectivity index (χ3v) is 3.37. The summed E-state index contributed by atoms with van der Waals surface area (Å²) in [6.45, 7) is -0.0313. The molecule has 1 aliphatic carbocycles. The molecule has 22 heavy (non-hydrogen) atoms. The summed E-state index contributed by atoms with van der Waals surface area (Å²) in [4.78, 5) is 29.5. The maximum absolute atomic E-state index is 13.8. The molecule has 1 aliphatic rings. The molecule has 114 valence electrons. The zero-order valence-corrected chi connectivity index (χ0v) is 11.6. The number of rotatable bonds is 5. The first-order valence-electron chi connectivity index (χ1n) is 6.85. The Bertz CT molecular complexity index is 784. The van der Waals surface area contributed by atoms with Crippen LogP contribution in [0.15, 0.2) is 29.1 Å². The number of halogens is 1. The summed E-state index contributed by atoms with van der Waals surface area (Å²) in [5.74, 6) is -0.478. The summed E-state index contributed by atoms with van der Waals surface area (Å²) < 4.78 is 19.1. The number of hydrogen-bond acceptors (Lipinski definition) is 4. The van der Waals surface area contributed by atoms with E-state index in [0.29, 0.717) is 17.4 Å². The Morgan fingerprint density at radius 1 is 1.41 bits per heavy atom. The van der Waals surface area contributed by atoms with Gasteiger partial charge in [-0.3, -0.25) is 9.59 Å². The van der Waals surface area contributed by atoms with Crippen molar-refractivity contribution in [3.05, 3.63) is 57.5 Å². The van der Waals surface area contributed by atoms with Crippen LogP contribution in [-0.2, 0) is 6.61 Å². The molecule has 0 aliphatic heterocycles. The second kappa shape index (κ2) is 5.59. The number of aromatic nitrogens is 2. The number of hydrogen-bond donors (Lipinski definition) is 2. The van der Waals surface area contributed by atoms with Gasteiger partial charge in [0.1, 0.15) is 12.4 Å². The van der Waals surface area contributed by atoms with E-state index in [1.807, 2.05) is 0 Å². The van der Waals surface area contributed by atoms with Crippen LogP contribution >= 0.6 is 0 Å². The largest absolute Gasteiger partial charge is 0.484 e. The van der Waals surface area contributed by atoms with Crippen molar-refractivity contribution >= 4 is 5.91 Å². The number of carbonyl (C=O) groups excluding carboxylic acids is 1. The van der Waals surface area contributed by atoms with Crippen molar-refractivity contribution in [3.8, 4) is 5.75 Å². The second-order valence-corrected chi connectivity index (χ2v) is 5.19. The van der Waals surface area contributed by atoms with Gasteiger partial charge in [-0.05, 0) is 31.0 Å². The number of benzene rings is 1. The van der Waals surface area contributed by atoms with Crippen LogP contribution in [0.4, 0.5) is 4.39 Å².